The summed E-state index contributed by atoms with van der Waals surface area (Å²) >= 11 is 0. The molecule has 3 rings (SSSR count). The SMILES string of the molecule is CC1CCCNC1CC(=O)NCc1ccc2c(c1)OCO2. The minimum Gasteiger partial charge on any atom is -0.454 e. The lowest BCUT2D eigenvalue weighted by molar-refractivity contribution is -0.122. The number of carbonyl (C=O) groups excluding carboxylic acids is 1. The fourth-order valence-electron chi connectivity index (χ4n) is 2.91. The van der Waals surface area contributed by atoms with E-state index in [1.807, 2.05) is 18.2 Å². The maximum atomic E-state index is 12.1. The molecule has 0 aliphatic carbocycles. The summed E-state index contributed by atoms with van der Waals surface area (Å²) in [7, 11) is 0. The molecule has 2 aliphatic rings. The van der Waals surface area contributed by atoms with Crippen LogP contribution in [0.3, 0.4) is 0 Å². The quantitative estimate of drug-likeness (QED) is 0.888. The molecule has 2 atom stereocenters. The minimum atomic E-state index is 0.0962. The highest BCUT2D eigenvalue weighted by molar-refractivity contribution is 5.76. The van der Waals surface area contributed by atoms with Gasteiger partial charge in [0.1, 0.15) is 0 Å². The number of piperidine rings is 1. The number of fused-ring (bicyclic) bond motifs is 1. The Hall–Kier alpha value is -1.75. The van der Waals surface area contributed by atoms with Gasteiger partial charge >= 0.3 is 0 Å². The van der Waals surface area contributed by atoms with E-state index < -0.39 is 0 Å². The average molecular weight is 290 g/mol. The molecule has 0 radical (unpaired) electrons. The molecule has 2 N–H and O–H groups in total. The van der Waals surface area contributed by atoms with Crippen LogP contribution in [-0.2, 0) is 11.3 Å². The van der Waals surface area contributed by atoms with Crippen molar-refractivity contribution >= 4 is 5.91 Å². The van der Waals surface area contributed by atoms with Gasteiger partial charge in [0.15, 0.2) is 11.5 Å². The molecule has 0 aromatic heterocycles. The van der Waals surface area contributed by atoms with E-state index in [4.69, 9.17) is 9.47 Å². The van der Waals surface area contributed by atoms with E-state index in [9.17, 15) is 4.79 Å². The van der Waals surface area contributed by atoms with Crippen LogP contribution in [0.2, 0.25) is 0 Å². The predicted octanol–water partition coefficient (Wildman–Crippen LogP) is 1.81. The van der Waals surface area contributed by atoms with E-state index in [2.05, 4.69) is 17.6 Å². The van der Waals surface area contributed by atoms with Crippen molar-refractivity contribution in [1.82, 2.24) is 10.6 Å². The lowest BCUT2D eigenvalue weighted by Crippen LogP contribution is -2.43. The molecule has 5 nitrogen and oxygen atoms in total. The molecule has 2 unspecified atom stereocenters. The summed E-state index contributed by atoms with van der Waals surface area (Å²) in [5.74, 6) is 2.18. The molecule has 0 bridgehead atoms. The second kappa shape index (κ2) is 6.35. The molecule has 2 aliphatic heterocycles. The van der Waals surface area contributed by atoms with Crippen LogP contribution in [0.4, 0.5) is 0 Å². The maximum Gasteiger partial charge on any atom is 0.231 e. The number of carbonyl (C=O) groups is 1. The minimum absolute atomic E-state index is 0.0962. The molecular formula is C16H22N2O3. The van der Waals surface area contributed by atoms with E-state index in [1.54, 1.807) is 0 Å². The largest absolute Gasteiger partial charge is 0.454 e. The Kier molecular flexibility index (Phi) is 4.29. The smallest absolute Gasteiger partial charge is 0.231 e. The lowest BCUT2D eigenvalue weighted by atomic mass is 9.90. The van der Waals surface area contributed by atoms with Crippen molar-refractivity contribution in [2.75, 3.05) is 13.3 Å². The van der Waals surface area contributed by atoms with E-state index in [0.717, 1.165) is 23.6 Å². The number of hydrogen-bond donors (Lipinski definition) is 2. The first kappa shape index (κ1) is 14.2. The van der Waals surface area contributed by atoms with Gasteiger partial charge in [0, 0.05) is 19.0 Å². The first-order valence-corrected chi connectivity index (χ1v) is 7.61. The monoisotopic (exact) mass is 290 g/mol. The standard InChI is InChI=1S/C16H22N2O3/c1-11-3-2-6-17-13(11)8-16(19)18-9-12-4-5-14-15(7-12)21-10-20-14/h4-5,7,11,13,17H,2-3,6,8-10H2,1H3,(H,18,19). The van der Waals surface area contributed by atoms with Crippen molar-refractivity contribution in [3.8, 4) is 11.5 Å². The maximum absolute atomic E-state index is 12.1. The molecule has 1 saturated heterocycles. The van der Waals surface area contributed by atoms with Gasteiger partial charge in [-0.25, -0.2) is 0 Å². The van der Waals surface area contributed by atoms with E-state index in [-0.39, 0.29) is 12.7 Å². The third-order valence-electron chi connectivity index (χ3n) is 4.26. The van der Waals surface area contributed by atoms with Gasteiger partial charge in [0.25, 0.3) is 0 Å². The number of hydrogen-bond acceptors (Lipinski definition) is 4. The Morgan fingerprint density at radius 2 is 2.24 bits per heavy atom. The summed E-state index contributed by atoms with van der Waals surface area (Å²) in [6.45, 7) is 4.03. The zero-order valence-electron chi connectivity index (χ0n) is 12.4. The fraction of sp³-hybridized carbons (Fsp3) is 0.562. The first-order valence-electron chi connectivity index (χ1n) is 7.61. The lowest BCUT2D eigenvalue weighted by Gasteiger charge is -2.29. The third-order valence-corrected chi connectivity index (χ3v) is 4.26. The van der Waals surface area contributed by atoms with Crippen molar-refractivity contribution in [2.24, 2.45) is 5.92 Å². The van der Waals surface area contributed by atoms with Crippen LogP contribution in [0.15, 0.2) is 18.2 Å². The molecule has 2 heterocycles. The van der Waals surface area contributed by atoms with Crippen molar-refractivity contribution < 1.29 is 14.3 Å². The van der Waals surface area contributed by atoms with Gasteiger partial charge in [-0.2, -0.15) is 0 Å². The van der Waals surface area contributed by atoms with Crippen molar-refractivity contribution in [2.45, 2.75) is 38.8 Å². The molecule has 1 aromatic rings. The van der Waals surface area contributed by atoms with Crippen molar-refractivity contribution in [3.63, 3.8) is 0 Å². The summed E-state index contributed by atoms with van der Waals surface area (Å²) in [6.07, 6.45) is 2.95. The van der Waals surface area contributed by atoms with Crippen LogP contribution in [0.25, 0.3) is 0 Å². The Morgan fingerprint density at radius 3 is 3.10 bits per heavy atom. The number of ether oxygens (including phenoxy) is 2. The van der Waals surface area contributed by atoms with Crippen LogP contribution >= 0.6 is 0 Å². The van der Waals surface area contributed by atoms with Gasteiger partial charge in [0.2, 0.25) is 12.7 Å². The fourth-order valence-corrected chi connectivity index (χ4v) is 2.91. The Balaban J connectivity index is 1.49. The van der Waals surface area contributed by atoms with E-state index in [0.29, 0.717) is 24.9 Å². The van der Waals surface area contributed by atoms with Crippen LogP contribution in [0, 0.1) is 5.92 Å². The summed E-state index contributed by atoms with van der Waals surface area (Å²) in [6, 6.07) is 6.06. The van der Waals surface area contributed by atoms with Crippen LogP contribution < -0.4 is 20.1 Å². The van der Waals surface area contributed by atoms with Crippen molar-refractivity contribution in [3.05, 3.63) is 23.8 Å². The van der Waals surface area contributed by atoms with Gasteiger partial charge in [-0.1, -0.05) is 13.0 Å². The molecule has 0 saturated carbocycles. The molecule has 1 fully saturated rings. The molecule has 1 amide bonds. The molecule has 114 valence electrons. The van der Waals surface area contributed by atoms with Gasteiger partial charge < -0.3 is 20.1 Å². The highest BCUT2D eigenvalue weighted by atomic mass is 16.7. The molecule has 5 heteroatoms. The molecule has 0 spiro atoms. The molecule has 21 heavy (non-hydrogen) atoms. The van der Waals surface area contributed by atoms with Crippen molar-refractivity contribution in [1.29, 1.82) is 0 Å². The summed E-state index contributed by atoms with van der Waals surface area (Å²) in [4.78, 5) is 12.1. The highest BCUT2D eigenvalue weighted by Crippen LogP contribution is 2.32. The zero-order chi connectivity index (χ0) is 14.7. The zero-order valence-corrected chi connectivity index (χ0v) is 12.4. The summed E-state index contributed by atoms with van der Waals surface area (Å²) in [5.41, 5.74) is 1.03. The Morgan fingerprint density at radius 1 is 1.38 bits per heavy atom. The number of benzene rings is 1. The normalized spacial score (nSPS) is 23.9. The number of amides is 1. The van der Waals surface area contributed by atoms with E-state index in [1.165, 1.54) is 12.8 Å². The van der Waals surface area contributed by atoms with Gasteiger partial charge in [-0.15, -0.1) is 0 Å². The van der Waals surface area contributed by atoms with Crippen LogP contribution in [-0.4, -0.2) is 25.3 Å². The average Bonchev–Trinajstić information content (AvgIpc) is 2.95. The summed E-state index contributed by atoms with van der Waals surface area (Å²) in [5, 5.41) is 6.42. The van der Waals surface area contributed by atoms with Gasteiger partial charge in [0.05, 0.1) is 0 Å². The summed E-state index contributed by atoms with van der Waals surface area (Å²) < 4.78 is 10.6. The van der Waals surface area contributed by atoms with E-state index >= 15 is 0 Å². The second-order valence-electron chi connectivity index (χ2n) is 5.85. The van der Waals surface area contributed by atoms with Crippen LogP contribution in [0.5, 0.6) is 11.5 Å². The molecule has 1 aromatic carbocycles. The topological polar surface area (TPSA) is 59.6 Å². The number of nitrogens with one attached hydrogen (secondary N) is 2. The Labute approximate surface area is 125 Å². The second-order valence-corrected chi connectivity index (χ2v) is 5.85. The highest BCUT2D eigenvalue weighted by Gasteiger charge is 2.23. The third kappa shape index (κ3) is 3.47. The molecular weight excluding hydrogens is 268 g/mol. The van der Waals surface area contributed by atoms with Gasteiger partial charge in [-0.05, 0) is 43.0 Å². The number of rotatable bonds is 4. The van der Waals surface area contributed by atoms with Crippen LogP contribution in [0.1, 0.15) is 31.7 Å². The Bertz CT molecular complexity index is 518. The predicted molar refractivity (Wildman–Crippen MR) is 79.2 cm³/mol. The van der Waals surface area contributed by atoms with Gasteiger partial charge in [-0.3, -0.25) is 4.79 Å². The first-order chi connectivity index (χ1) is 10.2.